The molecule has 1 unspecified atom stereocenters. The Morgan fingerprint density at radius 2 is 1.72 bits per heavy atom. The molecule has 11 nitrogen and oxygen atoms in total. The van der Waals surface area contributed by atoms with Gasteiger partial charge >= 0.3 is 0 Å². The van der Waals surface area contributed by atoms with Gasteiger partial charge in [0.05, 0.1) is 11.7 Å². The Balaban J connectivity index is 1.88. The average molecular weight is 491 g/mol. The van der Waals surface area contributed by atoms with Crippen LogP contribution in [0.25, 0.3) is 0 Å². The highest BCUT2D eigenvalue weighted by Gasteiger charge is 2.24. The molecule has 11 heteroatoms. The maximum atomic E-state index is 13.2. The molecule has 0 aliphatic rings. The number of rotatable bonds is 9. The van der Waals surface area contributed by atoms with Crippen LogP contribution in [0.2, 0.25) is 0 Å². The summed E-state index contributed by atoms with van der Waals surface area (Å²) < 4.78 is 5.60. The molecule has 3 aromatic rings. The fraction of sp³-hybridized carbons (Fsp3) is 0.160. The van der Waals surface area contributed by atoms with E-state index in [0.717, 1.165) is 0 Å². The number of nitrogens with two attached hydrogens (primary N) is 1. The molecular formula is C25H26N6O5. The number of aromatic hydroxyl groups is 1. The van der Waals surface area contributed by atoms with Crippen LogP contribution in [-0.4, -0.2) is 28.9 Å². The van der Waals surface area contributed by atoms with Crippen molar-refractivity contribution in [2.24, 2.45) is 10.9 Å². The van der Waals surface area contributed by atoms with Crippen molar-refractivity contribution in [3.8, 4) is 11.5 Å². The lowest BCUT2D eigenvalue weighted by molar-refractivity contribution is -0.122. The fourth-order valence-corrected chi connectivity index (χ4v) is 3.28. The Hall–Kier alpha value is -4.93. The Morgan fingerprint density at radius 1 is 1.03 bits per heavy atom. The summed E-state index contributed by atoms with van der Waals surface area (Å²) in [4.78, 5) is 37.0. The zero-order valence-electron chi connectivity index (χ0n) is 19.6. The van der Waals surface area contributed by atoms with Gasteiger partial charge in [0, 0.05) is 11.3 Å². The van der Waals surface area contributed by atoms with E-state index in [4.69, 9.17) is 15.9 Å². The van der Waals surface area contributed by atoms with Gasteiger partial charge in [-0.2, -0.15) is 0 Å². The molecule has 0 heterocycles. The summed E-state index contributed by atoms with van der Waals surface area (Å²) in [6.07, 6.45) is -0.196. The first-order valence-corrected chi connectivity index (χ1v) is 10.9. The molecule has 1 atom stereocenters. The van der Waals surface area contributed by atoms with Crippen LogP contribution < -0.4 is 26.6 Å². The second-order valence-electron chi connectivity index (χ2n) is 8.01. The third-order valence-corrected chi connectivity index (χ3v) is 4.99. The Labute approximate surface area is 207 Å². The molecule has 0 bridgehead atoms. The van der Waals surface area contributed by atoms with Gasteiger partial charge in [-0.1, -0.05) is 18.2 Å². The van der Waals surface area contributed by atoms with Gasteiger partial charge in [-0.25, -0.2) is 0 Å². The molecule has 0 aliphatic heterocycles. The molecule has 3 aromatic carbocycles. The van der Waals surface area contributed by atoms with Crippen molar-refractivity contribution in [3.05, 3.63) is 88.3 Å². The quantitative estimate of drug-likeness (QED) is 0.115. The summed E-state index contributed by atoms with van der Waals surface area (Å²) in [6.45, 7) is 3.61. The Kier molecular flexibility index (Phi) is 8.18. The third kappa shape index (κ3) is 6.35. The van der Waals surface area contributed by atoms with E-state index in [1.54, 1.807) is 56.3 Å². The number of hydrogen-bond acceptors (Lipinski definition) is 8. The summed E-state index contributed by atoms with van der Waals surface area (Å²) in [6, 6.07) is 15.8. The third-order valence-electron chi connectivity index (χ3n) is 4.99. The molecule has 3 rings (SSSR count). The van der Waals surface area contributed by atoms with E-state index in [-0.39, 0.29) is 34.7 Å². The molecule has 0 radical (unpaired) electrons. The number of amidine groups is 1. The van der Waals surface area contributed by atoms with E-state index in [2.05, 4.69) is 21.3 Å². The number of benzene rings is 3. The molecule has 7 N–H and O–H groups in total. The number of hydrazine groups is 1. The lowest BCUT2D eigenvalue weighted by Gasteiger charge is -2.21. The fourth-order valence-electron chi connectivity index (χ4n) is 3.28. The average Bonchev–Trinajstić information content (AvgIpc) is 2.86. The van der Waals surface area contributed by atoms with Crippen LogP contribution in [0.15, 0.2) is 71.9 Å². The number of phenolic OH excluding ortho intramolecular Hbond substituents is 1. The maximum absolute atomic E-state index is 13.2. The van der Waals surface area contributed by atoms with E-state index in [9.17, 15) is 19.6 Å². The number of carbonyl (C=O) groups excluding carboxylic acids is 2. The lowest BCUT2D eigenvalue weighted by Crippen LogP contribution is -2.45. The summed E-state index contributed by atoms with van der Waals surface area (Å²) in [5, 5.41) is 23.5. The van der Waals surface area contributed by atoms with Gasteiger partial charge in [0.15, 0.2) is 0 Å². The lowest BCUT2D eigenvalue weighted by atomic mass is 10.0. The minimum absolute atomic E-state index is 0.00553. The van der Waals surface area contributed by atoms with Crippen molar-refractivity contribution < 1.29 is 19.4 Å². The monoisotopic (exact) mass is 490 g/mol. The first-order chi connectivity index (χ1) is 17.2. The van der Waals surface area contributed by atoms with Crippen LogP contribution in [0, 0.1) is 10.3 Å². The summed E-state index contributed by atoms with van der Waals surface area (Å²) >= 11 is 0. The van der Waals surface area contributed by atoms with Crippen LogP contribution in [0.1, 0.15) is 41.4 Å². The summed E-state index contributed by atoms with van der Waals surface area (Å²) in [5.74, 6) is -1.47. The molecule has 0 saturated carbocycles. The minimum Gasteiger partial charge on any atom is -0.507 e. The van der Waals surface area contributed by atoms with Crippen LogP contribution in [-0.2, 0) is 4.79 Å². The molecule has 2 amide bonds. The second-order valence-corrected chi connectivity index (χ2v) is 8.01. The highest BCUT2D eigenvalue weighted by Crippen LogP contribution is 2.32. The first-order valence-electron chi connectivity index (χ1n) is 10.9. The number of carbonyl (C=O) groups is 2. The SMILES string of the molecule is CC(C)Oc1ccc(C(Nc2ccc(C(=N)N)cc2)C(=O)NNC(=O)c2ccccc2O)cc1N=O. The molecular weight excluding hydrogens is 464 g/mol. The number of amides is 2. The van der Waals surface area contributed by atoms with Crippen LogP contribution in [0.5, 0.6) is 11.5 Å². The second kappa shape index (κ2) is 11.5. The Morgan fingerprint density at radius 3 is 2.33 bits per heavy atom. The number of nitrogens with one attached hydrogen (secondary N) is 4. The number of hydrogen-bond donors (Lipinski definition) is 6. The van der Waals surface area contributed by atoms with Crippen molar-refractivity contribution in [1.29, 1.82) is 5.41 Å². The van der Waals surface area contributed by atoms with E-state index >= 15 is 0 Å². The molecule has 0 spiro atoms. The van der Waals surface area contributed by atoms with Crippen molar-refractivity contribution in [2.45, 2.75) is 26.0 Å². The van der Waals surface area contributed by atoms with Gasteiger partial charge in [-0.3, -0.25) is 25.8 Å². The van der Waals surface area contributed by atoms with Crippen molar-refractivity contribution >= 4 is 29.0 Å². The van der Waals surface area contributed by atoms with Crippen molar-refractivity contribution in [1.82, 2.24) is 10.9 Å². The highest BCUT2D eigenvalue weighted by atomic mass is 16.5. The van der Waals surface area contributed by atoms with Gasteiger partial charge < -0.3 is 20.9 Å². The number of phenols is 1. The van der Waals surface area contributed by atoms with Crippen LogP contribution in [0.3, 0.4) is 0 Å². The highest BCUT2D eigenvalue weighted by molar-refractivity contribution is 5.98. The van der Waals surface area contributed by atoms with Gasteiger partial charge in [-0.05, 0) is 73.1 Å². The number of nitrogen functional groups attached to an aromatic ring is 1. The van der Waals surface area contributed by atoms with E-state index in [0.29, 0.717) is 16.8 Å². The number of anilines is 1. The normalized spacial score (nSPS) is 11.3. The van der Waals surface area contributed by atoms with Gasteiger partial charge in [0.25, 0.3) is 11.8 Å². The zero-order chi connectivity index (χ0) is 26.2. The van der Waals surface area contributed by atoms with E-state index in [1.165, 1.54) is 24.3 Å². The van der Waals surface area contributed by atoms with E-state index in [1.807, 2.05) is 0 Å². The largest absolute Gasteiger partial charge is 0.507 e. The zero-order valence-corrected chi connectivity index (χ0v) is 19.6. The first kappa shape index (κ1) is 25.7. The molecule has 0 aliphatic carbocycles. The number of nitroso groups, excluding NO2 is 1. The summed E-state index contributed by atoms with van der Waals surface area (Å²) in [7, 11) is 0. The van der Waals surface area contributed by atoms with Gasteiger partial charge in [0.2, 0.25) is 0 Å². The molecule has 36 heavy (non-hydrogen) atoms. The topological polar surface area (TPSA) is 179 Å². The smallest absolute Gasteiger partial charge is 0.273 e. The minimum atomic E-state index is -1.08. The molecule has 0 fully saturated rings. The molecule has 0 saturated heterocycles. The maximum Gasteiger partial charge on any atom is 0.273 e. The predicted molar refractivity (Wildman–Crippen MR) is 135 cm³/mol. The van der Waals surface area contributed by atoms with Gasteiger partial charge in [0.1, 0.15) is 29.1 Å². The molecule has 0 aromatic heterocycles. The predicted octanol–water partition coefficient (Wildman–Crippen LogP) is 3.48. The van der Waals surface area contributed by atoms with Crippen LogP contribution >= 0.6 is 0 Å². The van der Waals surface area contributed by atoms with Crippen molar-refractivity contribution in [2.75, 3.05) is 5.32 Å². The van der Waals surface area contributed by atoms with Crippen LogP contribution in [0.4, 0.5) is 11.4 Å². The van der Waals surface area contributed by atoms with E-state index < -0.39 is 17.9 Å². The number of para-hydroxylation sites is 1. The molecule has 186 valence electrons. The standard InChI is InChI=1S/C25H26N6O5/c1-14(2)36-21-12-9-16(13-19(21)31-35)22(28-17-10-7-15(8-11-17)23(26)27)25(34)30-29-24(33)18-5-3-4-6-20(18)32/h3-14,22,28,32H,1-2H3,(H3,26,27)(H,29,33)(H,30,34). The summed E-state index contributed by atoms with van der Waals surface area (Å²) in [5.41, 5.74) is 11.5. The number of nitrogens with zero attached hydrogens (tertiary/aromatic N) is 1. The number of ether oxygens (including phenoxy) is 1. The Bertz CT molecular complexity index is 1280. The van der Waals surface area contributed by atoms with Crippen molar-refractivity contribution in [3.63, 3.8) is 0 Å². The van der Waals surface area contributed by atoms with Gasteiger partial charge in [-0.15, -0.1) is 4.91 Å².